The first-order chi connectivity index (χ1) is 17.9. The number of thiocarbonyl (C=S) groups is 1. The van der Waals surface area contributed by atoms with Gasteiger partial charge in [0.1, 0.15) is 21.8 Å². The molecule has 1 amide bonds. The molecule has 1 aromatic carbocycles. The maximum absolute atomic E-state index is 13.3. The van der Waals surface area contributed by atoms with Crippen molar-refractivity contribution in [2.75, 3.05) is 31.6 Å². The van der Waals surface area contributed by atoms with Gasteiger partial charge in [-0.3, -0.25) is 19.1 Å². The molecule has 2 aromatic rings. The lowest BCUT2D eigenvalue weighted by atomic mass is 10.0. The van der Waals surface area contributed by atoms with Crippen molar-refractivity contribution in [1.29, 1.82) is 5.26 Å². The van der Waals surface area contributed by atoms with Crippen LogP contribution in [0.3, 0.4) is 0 Å². The number of benzene rings is 1. The highest BCUT2D eigenvalue weighted by molar-refractivity contribution is 8.26. The fourth-order valence-corrected chi connectivity index (χ4v) is 5.44. The van der Waals surface area contributed by atoms with E-state index in [0.717, 1.165) is 19.3 Å². The number of unbranched alkanes of at least 4 members (excludes halogenated alkanes) is 1. The molecule has 1 aliphatic rings. The number of ether oxygens (including phenoxy) is 1. The lowest BCUT2D eigenvalue weighted by Gasteiger charge is -2.20. The first-order valence-electron chi connectivity index (χ1n) is 12.7. The molecule has 1 saturated heterocycles. The van der Waals surface area contributed by atoms with Gasteiger partial charge in [0.2, 0.25) is 0 Å². The highest BCUT2D eigenvalue weighted by Crippen LogP contribution is 2.35. The molecule has 0 unspecified atom stereocenters. The Kier molecular flexibility index (Phi) is 10.9. The Morgan fingerprint density at radius 2 is 1.92 bits per heavy atom. The van der Waals surface area contributed by atoms with E-state index in [4.69, 9.17) is 17.0 Å². The third kappa shape index (κ3) is 7.10. The third-order valence-corrected chi connectivity index (χ3v) is 7.56. The van der Waals surface area contributed by atoms with Crippen LogP contribution >= 0.6 is 24.0 Å². The summed E-state index contributed by atoms with van der Waals surface area (Å²) < 4.78 is 7.55. The van der Waals surface area contributed by atoms with Crippen LogP contribution in [0.25, 0.3) is 6.08 Å². The van der Waals surface area contributed by atoms with Gasteiger partial charge < -0.3 is 10.1 Å². The number of rotatable bonds is 13. The predicted molar refractivity (Wildman–Crippen MR) is 155 cm³/mol. The van der Waals surface area contributed by atoms with Gasteiger partial charge in [0, 0.05) is 38.4 Å². The molecule has 0 spiro atoms. The number of hydrogen-bond acceptors (Lipinski definition) is 7. The summed E-state index contributed by atoms with van der Waals surface area (Å²) in [4.78, 5) is 28.6. The number of nitrogens with zero attached hydrogens (tertiary/aromatic N) is 3. The van der Waals surface area contributed by atoms with E-state index in [9.17, 15) is 14.9 Å². The van der Waals surface area contributed by atoms with Gasteiger partial charge in [0.25, 0.3) is 11.5 Å². The van der Waals surface area contributed by atoms with Crippen molar-refractivity contribution in [3.63, 3.8) is 0 Å². The van der Waals surface area contributed by atoms with E-state index in [0.29, 0.717) is 65.4 Å². The monoisotopic (exact) mass is 538 g/mol. The minimum Gasteiger partial charge on any atom is -0.382 e. The Balaban J connectivity index is 2.00. The summed E-state index contributed by atoms with van der Waals surface area (Å²) in [5.41, 5.74) is 2.20. The van der Waals surface area contributed by atoms with Crippen molar-refractivity contribution in [3.05, 3.63) is 67.8 Å². The first kappa shape index (κ1) is 28.6. The van der Waals surface area contributed by atoms with Crippen molar-refractivity contribution in [1.82, 2.24) is 9.47 Å². The van der Waals surface area contributed by atoms with Crippen LogP contribution in [0.2, 0.25) is 0 Å². The van der Waals surface area contributed by atoms with Crippen LogP contribution in [0.1, 0.15) is 55.4 Å². The number of nitrogens with one attached hydrogen (secondary N) is 1. The summed E-state index contributed by atoms with van der Waals surface area (Å²) in [7, 11) is 0. The van der Waals surface area contributed by atoms with E-state index >= 15 is 0 Å². The minimum absolute atomic E-state index is 0.100. The zero-order chi connectivity index (χ0) is 26.8. The molecule has 7 nitrogen and oxygen atoms in total. The largest absolute Gasteiger partial charge is 0.382 e. The highest BCUT2D eigenvalue weighted by Gasteiger charge is 2.32. The lowest BCUT2D eigenvalue weighted by molar-refractivity contribution is -0.122. The van der Waals surface area contributed by atoms with Crippen LogP contribution in [-0.2, 0) is 22.5 Å². The Hall–Kier alpha value is -2.93. The lowest BCUT2D eigenvalue weighted by Crippen LogP contribution is -2.30. The smallest absolute Gasteiger partial charge is 0.270 e. The minimum atomic E-state index is -0.309. The van der Waals surface area contributed by atoms with Crippen LogP contribution < -0.4 is 10.9 Å². The van der Waals surface area contributed by atoms with E-state index in [1.807, 2.05) is 25.1 Å². The molecule has 3 rings (SSSR count). The number of hydrogen-bond donors (Lipinski definition) is 1. The van der Waals surface area contributed by atoms with Crippen molar-refractivity contribution in [2.45, 2.75) is 53.0 Å². The summed E-state index contributed by atoms with van der Waals surface area (Å²) in [5.74, 6) is 0.471. The topological polar surface area (TPSA) is 87.4 Å². The van der Waals surface area contributed by atoms with Crippen LogP contribution in [0, 0.1) is 18.3 Å². The molecule has 37 heavy (non-hydrogen) atoms. The molecular weight excluding hydrogens is 504 g/mol. The van der Waals surface area contributed by atoms with Crippen LogP contribution in [-0.4, -0.2) is 46.0 Å². The Morgan fingerprint density at radius 3 is 2.59 bits per heavy atom. The molecule has 1 N–H and O–H groups in total. The Bertz CT molecular complexity index is 1250. The standard InChI is InChI=1S/C28H34N4O3S2/c1-4-6-15-31-25(30-14-13-21-11-8-7-9-12-21)22(20(3)23(19-29)26(31)33)18-24-27(34)32(28(36)37-24)16-10-17-35-5-2/h7-9,11-12,18,30H,4-6,10,13-17H2,1-3H3/b24-18+. The molecule has 1 aliphatic heterocycles. The number of amides is 1. The quantitative estimate of drug-likeness (QED) is 0.215. The van der Waals surface area contributed by atoms with Crippen molar-refractivity contribution in [2.24, 2.45) is 0 Å². The van der Waals surface area contributed by atoms with Crippen molar-refractivity contribution >= 4 is 46.1 Å². The molecule has 0 atom stereocenters. The second kappa shape index (κ2) is 14.1. The van der Waals surface area contributed by atoms with Crippen LogP contribution in [0.4, 0.5) is 5.82 Å². The number of nitriles is 1. The predicted octanol–water partition coefficient (Wildman–Crippen LogP) is 5.11. The zero-order valence-electron chi connectivity index (χ0n) is 21.7. The second-order valence-corrected chi connectivity index (χ2v) is 10.4. The third-order valence-electron chi connectivity index (χ3n) is 6.18. The average molecular weight is 539 g/mol. The van der Waals surface area contributed by atoms with Crippen molar-refractivity contribution in [3.8, 4) is 6.07 Å². The summed E-state index contributed by atoms with van der Waals surface area (Å²) >= 11 is 6.74. The number of anilines is 1. The summed E-state index contributed by atoms with van der Waals surface area (Å²) in [6.07, 6.45) is 4.94. The maximum atomic E-state index is 13.3. The Morgan fingerprint density at radius 1 is 1.16 bits per heavy atom. The van der Waals surface area contributed by atoms with E-state index in [1.165, 1.54) is 17.3 Å². The molecule has 0 saturated carbocycles. The molecule has 0 bridgehead atoms. The molecule has 1 fully saturated rings. The number of carbonyl (C=O) groups excluding carboxylic acids is 1. The van der Waals surface area contributed by atoms with Gasteiger partial charge in [-0.2, -0.15) is 5.26 Å². The zero-order valence-corrected chi connectivity index (χ0v) is 23.3. The number of pyridine rings is 1. The van der Waals surface area contributed by atoms with Gasteiger partial charge in [0.05, 0.1) is 4.91 Å². The average Bonchev–Trinajstić information content (AvgIpc) is 3.16. The van der Waals surface area contributed by atoms with Gasteiger partial charge in [-0.25, -0.2) is 0 Å². The van der Waals surface area contributed by atoms with Crippen molar-refractivity contribution < 1.29 is 9.53 Å². The molecule has 2 heterocycles. The van der Waals surface area contributed by atoms with E-state index in [-0.39, 0.29) is 17.0 Å². The van der Waals surface area contributed by atoms with Gasteiger partial charge in [-0.1, -0.05) is 67.7 Å². The van der Waals surface area contributed by atoms with E-state index < -0.39 is 0 Å². The van der Waals surface area contributed by atoms with Gasteiger partial charge in [0.15, 0.2) is 0 Å². The van der Waals surface area contributed by atoms with Gasteiger partial charge >= 0.3 is 0 Å². The fourth-order valence-electron chi connectivity index (χ4n) is 4.15. The van der Waals surface area contributed by atoms with E-state index in [1.54, 1.807) is 22.5 Å². The summed E-state index contributed by atoms with van der Waals surface area (Å²) in [6, 6.07) is 12.2. The molecule has 0 aliphatic carbocycles. The molecule has 1 aromatic heterocycles. The van der Waals surface area contributed by atoms with Gasteiger partial charge in [-0.15, -0.1) is 0 Å². The second-order valence-electron chi connectivity index (χ2n) is 8.73. The molecule has 196 valence electrons. The van der Waals surface area contributed by atoms with E-state index in [2.05, 4.69) is 30.4 Å². The first-order valence-corrected chi connectivity index (χ1v) is 13.9. The highest BCUT2D eigenvalue weighted by atomic mass is 32.2. The van der Waals surface area contributed by atoms with Crippen LogP contribution in [0.15, 0.2) is 40.0 Å². The fraction of sp³-hybridized carbons (Fsp3) is 0.429. The van der Waals surface area contributed by atoms with Gasteiger partial charge in [-0.05, 0) is 50.3 Å². The summed E-state index contributed by atoms with van der Waals surface area (Å²) in [5, 5.41) is 13.3. The van der Waals surface area contributed by atoms with Crippen LogP contribution in [0.5, 0.6) is 0 Å². The number of aromatic nitrogens is 1. The Labute approximate surface area is 228 Å². The summed E-state index contributed by atoms with van der Waals surface area (Å²) in [6.45, 7) is 8.53. The molecule has 9 heteroatoms. The maximum Gasteiger partial charge on any atom is 0.270 e. The SMILES string of the molecule is CCCCn1c(NCCc2ccccc2)c(/C=C2/SC(=S)N(CCCOCC)C2=O)c(C)c(C#N)c1=O. The normalized spacial score (nSPS) is 14.4. The molecular formula is C28H34N4O3S2. The molecule has 0 radical (unpaired) electrons. The number of thioether (sulfide) groups is 1. The number of carbonyl (C=O) groups is 1.